The smallest absolute Gasteiger partial charge is 0.341 e. The van der Waals surface area contributed by atoms with Gasteiger partial charge in [-0.1, -0.05) is 18.2 Å². The fourth-order valence-corrected chi connectivity index (χ4v) is 4.03. The lowest BCUT2D eigenvalue weighted by atomic mass is 10.1. The van der Waals surface area contributed by atoms with E-state index in [1.807, 2.05) is 29.0 Å². The van der Waals surface area contributed by atoms with Gasteiger partial charge in [-0.2, -0.15) is 9.78 Å². The van der Waals surface area contributed by atoms with E-state index < -0.39 is 5.97 Å². The van der Waals surface area contributed by atoms with Crippen LogP contribution in [-0.4, -0.2) is 39.5 Å². The molecule has 2 aliphatic rings. The highest BCUT2D eigenvalue weighted by molar-refractivity contribution is 5.96. The Morgan fingerprint density at radius 1 is 1.06 bits per heavy atom. The zero-order valence-electron chi connectivity index (χ0n) is 18.2. The van der Waals surface area contributed by atoms with Crippen LogP contribution in [0.15, 0.2) is 71.9 Å². The summed E-state index contributed by atoms with van der Waals surface area (Å²) in [6.07, 6.45) is 6.15. The summed E-state index contributed by atoms with van der Waals surface area (Å²) in [5.41, 5.74) is 3.43. The summed E-state index contributed by atoms with van der Waals surface area (Å²) in [5.74, 6) is 0.133. The van der Waals surface area contributed by atoms with Gasteiger partial charge in [0.25, 0.3) is 5.56 Å². The molecule has 8 nitrogen and oxygen atoms in total. The number of aryl methyl sites for hydroxylation is 2. The van der Waals surface area contributed by atoms with Crippen molar-refractivity contribution in [2.75, 3.05) is 14.2 Å². The third kappa shape index (κ3) is 3.65. The van der Waals surface area contributed by atoms with Crippen molar-refractivity contribution >= 4 is 16.9 Å². The second-order valence-corrected chi connectivity index (χ2v) is 7.69. The minimum Gasteiger partial charge on any atom is -0.497 e. The molecule has 0 radical (unpaired) electrons. The lowest BCUT2D eigenvalue weighted by molar-refractivity contribution is 0.0600. The van der Waals surface area contributed by atoms with Crippen LogP contribution in [0.2, 0.25) is 0 Å². The van der Waals surface area contributed by atoms with E-state index in [9.17, 15) is 9.59 Å². The SMILES string of the molecule is COC(=O)c1cn(CCc2c[nH]c3ccccc23)cc2c(=O)n(-c3ccc(OC)cc3)nc1-2. The van der Waals surface area contributed by atoms with E-state index in [1.165, 1.54) is 11.8 Å². The van der Waals surface area contributed by atoms with E-state index in [2.05, 4.69) is 16.1 Å². The molecule has 2 aliphatic heterocycles. The molecule has 1 aromatic heterocycles. The van der Waals surface area contributed by atoms with Crippen LogP contribution >= 0.6 is 0 Å². The maximum absolute atomic E-state index is 13.2. The van der Waals surface area contributed by atoms with Gasteiger partial charge in [0.15, 0.2) is 0 Å². The number of rotatable bonds is 6. The van der Waals surface area contributed by atoms with Gasteiger partial charge >= 0.3 is 5.97 Å². The third-order valence-electron chi connectivity index (χ3n) is 5.76. The van der Waals surface area contributed by atoms with E-state index in [4.69, 9.17) is 9.47 Å². The number of aromatic amines is 1. The first-order valence-electron chi connectivity index (χ1n) is 10.5. The number of hydrogen-bond acceptors (Lipinski definition) is 5. The van der Waals surface area contributed by atoms with E-state index in [-0.39, 0.29) is 11.1 Å². The number of esters is 1. The van der Waals surface area contributed by atoms with Gasteiger partial charge in [-0.05, 0) is 42.3 Å². The zero-order valence-corrected chi connectivity index (χ0v) is 18.2. The average molecular weight is 442 g/mol. The van der Waals surface area contributed by atoms with Crippen LogP contribution in [0.1, 0.15) is 15.9 Å². The molecule has 0 bridgehead atoms. The van der Waals surface area contributed by atoms with Crippen molar-refractivity contribution in [3.05, 3.63) is 88.6 Å². The first-order chi connectivity index (χ1) is 16.1. The van der Waals surface area contributed by atoms with Gasteiger partial charge < -0.3 is 19.0 Å². The number of benzene rings is 2. The number of nitrogens with zero attached hydrogens (tertiary/aromatic N) is 3. The molecule has 0 saturated carbocycles. The topological polar surface area (TPSA) is 91.1 Å². The summed E-state index contributed by atoms with van der Waals surface area (Å²) in [6, 6.07) is 15.1. The summed E-state index contributed by atoms with van der Waals surface area (Å²) < 4.78 is 13.3. The van der Waals surface area contributed by atoms with Crippen LogP contribution in [0.5, 0.6) is 5.75 Å². The number of para-hydroxylation sites is 1. The molecule has 0 saturated heterocycles. The normalized spacial score (nSPS) is 11.2. The van der Waals surface area contributed by atoms with Crippen molar-refractivity contribution in [2.45, 2.75) is 13.0 Å². The van der Waals surface area contributed by atoms with E-state index >= 15 is 0 Å². The maximum Gasteiger partial charge on any atom is 0.341 e. The predicted molar refractivity (Wildman–Crippen MR) is 124 cm³/mol. The zero-order chi connectivity index (χ0) is 22.9. The largest absolute Gasteiger partial charge is 0.497 e. The average Bonchev–Trinajstić information content (AvgIpc) is 3.43. The maximum atomic E-state index is 13.2. The van der Waals surface area contributed by atoms with Gasteiger partial charge in [0, 0.05) is 36.0 Å². The van der Waals surface area contributed by atoms with Gasteiger partial charge in [0.2, 0.25) is 0 Å². The Labute approximate surface area is 189 Å². The lowest BCUT2D eigenvalue weighted by Gasteiger charge is -2.11. The minimum atomic E-state index is -0.541. The molecule has 3 heterocycles. The Hall–Kier alpha value is -4.33. The standard InChI is InChI=1S/C25H22N4O4/c1-32-18-9-7-17(8-10-18)29-24(30)20-14-28(15-21(23(20)27-29)25(31)33-2)12-11-16-13-26-22-6-4-3-5-19(16)22/h3-10,13-15,26H,11-12H2,1-2H3. The molecular weight excluding hydrogens is 420 g/mol. The highest BCUT2D eigenvalue weighted by Crippen LogP contribution is 2.25. The molecule has 166 valence electrons. The van der Waals surface area contributed by atoms with Crippen LogP contribution < -0.4 is 10.3 Å². The monoisotopic (exact) mass is 442 g/mol. The van der Waals surface area contributed by atoms with Crippen LogP contribution in [0.3, 0.4) is 0 Å². The van der Waals surface area contributed by atoms with Crippen LogP contribution in [-0.2, 0) is 17.7 Å². The fourth-order valence-electron chi connectivity index (χ4n) is 4.03. The molecule has 0 amide bonds. The molecule has 2 aromatic carbocycles. The first kappa shape index (κ1) is 20.6. The number of ether oxygens (including phenoxy) is 2. The molecule has 0 spiro atoms. The first-order valence-corrected chi connectivity index (χ1v) is 10.5. The van der Waals surface area contributed by atoms with Crippen LogP contribution in [0.4, 0.5) is 0 Å². The number of fused-ring (bicyclic) bond motifs is 2. The van der Waals surface area contributed by atoms with Gasteiger partial charge in [0.1, 0.15) is 17.0 Å². The number of carbonyl (C=O) groups is 1. The van der Waals surface area contributed by atoms with E-state index in [0.29, 0.717) is 29.2 Å². The number of pyridine rings is 1. The van der Waals surface area contributed by atoms with Crippen molar-refractivity contribution in [3.8, 4) is 22.7 Å². The number of aromatic nitrogens is 4. The van der Waals surface area contributed by atoms with Crippen LogP contribution in [0, 0.1) is 0 Å². The quantitative estimate of drug-likeness (QED) is 0.405. The highest BCUT2D eigenvalue weighted by atomic mass is 16.5. The molecule has 0 fully saturated rings. The summed E-state index contributed by atoms with van der Waals surface area (Å²) in [4.78, 5) is 29.0. The molecule has 0 aliphatic carbocycles. The second kappa shape index (κ2) is 8.31. The van der Waals surface area contributed by atoms with Crippen molar-refractivity contribution < 1.29 is 14.3 Å². The summed E-state index contributed by atoms with van der Waals surface area (Å²) >= 11 is 0. The Balaban J connectivity index is 1.55. The second-order valence-electron chi connectivity index (χ2n) is 7.69. The fraction of sp³-hybridized carbons (Fsp3) is 0.160. The number of nitrogens with one attached hydrogen (secondary N) is 1. The van der Waals surface area contributed by atoms with Gasteiger partial charge in [-0.15, -0.1) is 0 Å². The minimum absolute atomic E-state index is 0.248. The Morgan fingerprint density at radius 3 is 2.61 bits per heavy atom. The van der Waals surface area contributed by atoms with Gasteiger partial charge in [-0.3, -0.25) is 4.79 Å². The molecule has 0 unspecified atom stereocenters. The van der Waals surface area contributed by atoms with Crippen molar-refractivity contribution in [1.29, 1.82) is 0 Å². The van der Waals surface area contributed by atoms with Gasteiger partial charge in [0.05, 0.1) is 25.5 Å². The third-order valence-corrected chi connectivity index (χ3v) is 5.76. The number of carbonyl (C=O) groups excluding carboxylic acids is 1. The number of H-pyrrole nitrogens is 1. The lowest BCUT2D eigenvalue weighted by Crippen LogP contribution is -2.16. The molecule has 33 heavy (non-hydrogen) atoms. The molecular formula is C25H22N4O4. The Bertz CT molecular complexity index is 1480. The summed E-state index contributed by atoms with van der Waals surface area (Å²) in [7, 11) is 2.89. The Morgan fingerprint density at radius 2 is 1.85 bits per heavy atom. The van der Waals surface area contributed by atoms with Crippen molar-refractivity contribution in [3.63, 3.8) is 0 Å². The van der Waals surface area contributed by atoms with Gasteiger partial charge in [-0.25, -0.2) is 4.79 Å². The molecule has 3 aromatic rings. The molecule has 1 N–H and O–H groups in total. The predicted octanol–water partition coefficient (Wildman–Crippen LogP) is 3.66. The Kier molecular flexibility index (Phi) is 5.18. The highest BCUT2D eigenvalue weighted by Gasteiger charge is 2.25. The molecule has 8 heteroatoms. The summed E-state index contributed by atoms with van der Waals surface area (Å²) in [5, 5.41) is 5.60. The number of hydrogen-bond donors (Lipinski definition) is 1. The van der Waals surface area contributed by atoms with Crippen molar-refractivity contribution in [1.82, 2.24) is 19.3 Å². The molecule has 0 atom stereocenters. The summed E-state index contributed by atoms with van der Waals surface area (Å²) in [6.45, 7) is 0.578. The van der Waals surface area contributed by atoms with E-state index in [0.717, 1.165) is 22.9 Å². The number of methoxy groups -OCH3 is 2. The van der Waals surface area contributed by atoms with Crippen molar-refractivity contribution in [2.24, 2.45) is 0 Å². The van der Waals surface area contributed by atoms with E-state index in [1.54, 1.807) is 43.8 Å². The molecule has 5 rings (SSSR count). The van der Waals surface area contributed by atoms with Crippen LogP contribution in [0.25, 0.3) is 27.8 Å².